The molecule has 1 aromatic carbocycles. The van der Waals surface area contributed by atoms with Crippen molar-refractivity contribution in [3.05, 3.63) is 54.0 Å². The molecule has 1 heterocycles. The van der Waals surface area contributed by atoms with Crippen LogP contribution in [0.1, 0.15) is 11.5 Å². The molecule has 0 spiro atoms. The fraction of sp³-hybridized carbons (Fsp3) is 0.154. The van der Waals surface area contributed by atoms with Crippen LogP contribution in [0.2, 0.25) is 0 Å². The van der Waals surface area contributed by atoms with E-state index in [2.05, 4.69) is 24.3 Å². The lowest BCUT2D eigenvalue weighted by molar-refractivity contribution is 0.487. The second-order valence-corrected chi connectivity index (χ2v) is 3.43. The van der Waals surface area contributed by atoms with Crippen molar-refractivity contribution in [2.45, 2.75) is 13.8 Å². The number of hydrogen-bond acceptors (Lipinski definition) is 0. The Bertz CT molecular complexity index is 412. The molecule has 2 rings (SSSR count). The Morgan fingerprint density at radius 3 is 1.93 bits per heavy atom. The Morgan fingerprint density at radius 1 is 0.786 bits per heavy atom. The van der Waals surface area contributed by atoms with Crippen molar-refractivity contribution in [1.29, 1.82) is 0 Å². The van der Waals surface area contributed by atoms with Crippen LogP contribution in [0.25, 0.3) is 11.1 Å². The third kappa shape index (κ3) is 1.82. The molecule has 0 aliphatic carbocycles. The summed E-state index contributed by atoms with van der Waals surface area (Å²) in [5, 5.41) is 0. The van der Waals surface area contributed by atoms with Crippen LogP contribution >= 0.6 is 0 Å². The van der Waals surface area contributed by atoms with Gasteiger partial charge in [0, 0.05) is 12.1 Å². The van der Waals surface area contributed by atoms with Gasteiger partial charge in [0.05, 0.1) is 13.8 Å². The second kappa shape index (κ2) is 3.62. The van der Waals surface area contributed by atoms with Gasteiger partial charge in [-0.25, -0.2) is 4.42 Å². The van der Waals surface area contributed by atoms with Crippen LogP contribution in [-0.4, -0.2) is 0 Å². The van der Waals surface area contributed by atoms with Crippen molar-refractivity contribution in [3.63, 3.8) is 0 Å². The summed E-state index contributed by atoms with van der Waals surface area (Å²) in [5.74, 6) is 1.90. The van der Waals surface area contributed by atoms with Gasteiger partial charge in [-0.3, -0.25) is 0 Å². The minimum Gasteiger partial charge on any atom is -0.218 e. The molecule has 0 aliphatic heterocycles. The molecule has 0 radical (unpaired) electrons. The van der Waals surface area contributed by atoms with Gasteiger partial charge < -0.3 is 0 Å². The summed E-state index contributed by atoms with van der Waals surface area (Å²) >= 11 is 0. The highest BCUT2D eigenvalue weighted by Crippen LogP contribution is 2.21. The van der Waals surface area contributed by atoms with E-state index in [9.17, 15) is 0 Å². The minimum absolute atomic E-state index is 0.948. The normalized spacial score (nSPS) is 10.1. The molecule has 0 amide bonds. The monoisotopic (exact) mass is 185 g/mol. The molecule has 0 atom stereocenters. The molecule has 0 unspecified atom stereocenters. The summed E-state index contributed by atoms with van der Waals surface area (Å²) in [6.07, 6.45) is 0. The lowest BCUT2D eigenvalue weighted by Gasteiger charge is -1.97. The smallest absolute Gasteiger partial charge is 0.218 e. The highest BCUT2D eigenvalue weighted by molar-refractivity contribution is 5.63. The molecule has 0 fully saturated rings. The van der Waals surface area contributed by atoms with E-state index >= 15 is 0 Å². The van der Waals surface area contributed by atoms with Gasteiger partial charge in [0.2, 0.25) is 0 Å². The molecular weight excluding hydrogens is 172 g/mol. The number of aryl methyl sites for hydroxylation is 2. The molecule has 1 heteroatoms. The maximum absolute atomic E-state index is 5.44. The standard InChI is InChI=1S/C13H13O/c1-10-8-13(9-11(2)14-10)12-6-4-3-5-7-12/h3-9H,1-2H3/q+1. The second-order valence-electron chi connectivity index (χ2n) is 3.43. The first-order chi connectivity index (χ1) is 6.75. The van der Waals surface area contributed by atoms with E-state index in [-0.39, 0.29) is 0 Å². The number of benzene rings is 1. The Kier molecular flexibility index (Phi) is 2.32. The number of hydrogen-bond donors (Lipinski definition) is 0. The lowest BCUT2D eigenvalue weighted by atomic mass is 10.1. The zero-order valence-corrected chi connectivity index (χ0v) is 8.45. The molecule has 0 N–H and O–H groups in total. The van der Waals surface area contributed by atoms with E-state index < -0.39 is 0 Å². The number of rotatable bonds is 1. The zero-order chi connectivity index (χ0) is 9.97. The highest BCUT2D eigenvalue weighted by atomic mass is 16.3. The van der Waals surface area contributed by atoms with Crippen LogP contribution in [0, 0.1) is 13.8 Å². The maximum atomic E-state index is 5.44. The molecule has 1 nitrogen and oxygen atoms in total. The Labute approximate surface area is 84.0 Å². The Morgan fingerprint density at radius 2 is 1.36 bits per heavy atom. The van der Waals surface area contributed by atoms with E-state index in [1.807, 2.05) is 32.0 Å². The molecule has 70 valence electrons. The molecule has 0 saturated heterocycles. The molecule has 0 saturated carbocycles. The zero-order valence-electron chi connectivity index (χ0n) is 8.45. The lowest BCUT2D eigenvalue weighted by Crippen LogP contribution is -1.81. The van der Waals surface area contributed by atoms with Crippen LogP contribution in [0.5, 0.6) is 0 Å². The average Bonchev–Trinajstić information content (AvgIpc) is 2.18. The third-order valence-corrected chi connectivity index (χ3v) is 2.15. The quantitative estimate of drug-likeness (QED) is 0.614. The summed E-state index contributed by atoms with van der Waals surface area (Å²) in [6, 6.07) is 14.4. The van der Waals surface area contributed by atoms with Gasteiger partial charge in [0.1, 0.15) is 0 Å². The average molecular weight is 185 g/mol. The third-order valence-electron chi connectivity index (χ3n) is 2.15. The fourth-order valence-electron chi connectivity index (χ4n) is 1.59. The molecule has 2 aromatic rings. The Hall–Kier alpha value is -1.63. The van der Waals surface area contributed by atoms with Crippen molar-refractivity contribution in [3.8, 4) is 11.1 Å². The van der Waals surface area contributed by atoms with Crippen molar-refractivity contribution in [2.75, 3.05) is 0 Å². The van der Waals surface area contributed by atoms with E-state index in [0.717, 1.165) is 11.5 Å². The maximum Gasteiger partial charge on any atom is 0.327 e. The van der Waals surface area contributed by atoms with Crippen LogP contribution in [-0.2, 0) is 0 Å². The molecular formula is C13H13O+. The summed E-state index contributed by atoms with van der Waals surface area (Å²) in [6.45, 7) is 3.94. The molecule has 1 aromatic heterocycles. The molecule has 14 heavy (non-hydrogen) atoms. The largest absolute Gasteiger partial charge is 0.327 e. The summed E-state index contributed by atoms with van der Waals surface area (Å²) < 4.78 is 5.44. The van der Waals surface area contributed by atoms with Crippen molar-refractivity contribution in [2.24, 2.45) is 0 Å². The van der Waals surface area contributed by atoms with Crippen molar-refractivity contribution < 1.29 is 4.42 Å². The predicted octanol–water partition coefficient (Wildman–Crippen LogP) is 3.84. The molecule has 0 bridgehead atoms. The SMILES string of the molecule is Cc1cc(-c2ccccc2)cc(C)[o+]1. The van der Waals surface area contributed by atoms with Gasteiger partial charge in [-0.2, -0.15) is 0 Å². The van der Waals surface area contributed by atoms with Gasteiger partial charge in [0.15, 0.2) is 0 Å². The van der Waals surface area contributed by atoms with Gasteiger partial charge in [-0.1, -0.05) is 30.3 Å². The first-order valence-electron chi connectivity index (χ1n) is 4.72. The predicted molar refractivity (Wildman–Crippen MR) is 58.0 cm³/mol. The highest BCUT2D eigenvalue weighted by Gasteiger charge is 2.08. The van der Waals surface area contributed by atoms with Gasteiger partial charge in [-0.05, 0) is 11.1 Å². The van der Waals surface area contributed by atoms with E-state index in [1.165, 1.54) is 11.1 Å². The topological polar surface area (TPSA) is 11.3 Å². The summed E-state index contributed by atoms with van der Waals surface area (Å²) in [7, 11) is 0. The first kappa shape index (κ1) is 8.95. The summed E-state index contributed by atoms with van der Waals surface area (Å²) in [5.41, 5.74) is 2.45. The minimum atomic E-state index is 0.948. The van der Waals surface area contributed by atoms with Gasteiger partial charge >= 0.3 is 11.5 Å². The van der Waals surface area contributed by atoms with E-state index in [1.54, 1.807) is 0 Å². The van der Waals surface area contributed by atoms with Crippen molar-refractivity contribution >= 4 is 0 Å². The summed E-state index contributed by atoms with van der Waals surface area (Å²) in [4.78, 5) is 0. The van der Waals surface area contributed by atoms with Gasteiger partial charge in [-0.15, -0.1) is 0 Å². The van der Waals surface area contributed by atoms with Crippen molar-refractivity contribution in [1.82, 2.24) is 0 Å². The Balaban J connectivity index is 2.52. The fourth-order valence-corrected chi connectivity index (χ4v) is 1.59. The van der Waals surface area contributed by atoms with E-state index in [4.69, 9.17) is 4.42 Å². The first-order valence-corrected chi connectivity index (χ1v) is 4.72. The molecule has 0 aliphatic rings. The van der Waals surface area contributed by atoms with Crippen LogP contribution in [0.4, 0.5) is 0 Å². The van der Waals surface area contributed by atoms with Crippen LogP contribution in [0.3, 0.4) is 0 Å². The van der Waals surface area contributed by atoms with Gasteiger partial charge in [0.25, 0.3) is 0 Å². The van der Waals surface area contributed by atoms with Crippen LogP contribution in [0.15, 0.2) is 46.9 Å². The van der Waals surface area contributed by atoms with Crippen LogP contribution < -0.4 is 0 Å². The van der Waals surface area contributed by atoms with E-state index in [0.29, 0.717) is 0 Å².